The summed E-state index contributed by atoms with van der Waals surface area (Å²) in [5, 5.41) is 4.25. The van der Waals surface area contributed by atoms with E-state index < -0.39 is 0 Å². The molecule has 0 radical (unpaired) electrons. The number of piperidine rings is 1. The van der Waals surface area contributed by atoms with Gasteiger partial charge in [-0.05, 0) is 63.4 Å². The Labute approximate surface area is 142 Å². The average Bonchev–Trinajstić information content (AvgIpc) is 2.45. The number of nitrogens with one attached hydrogen (secondary N) is 1. The minimum atomic E-state index is 0.315. The molecule has 0 spiro atoms. The first-order valence-corrected chi connectivity index (χ1v) is 9.06. The molecule has 0 aromatic heterocycles. The smallest absolute Gasteiger partial charge is 0.0465 e. The van der Waals surface area contributed by atoms with E-state index in [9.17, 15) is 0 Å². The summed E-state index contributed by atoms with van der Waals surface area (Å²) >= 11 is 9.86. The van der Waals surface area contributed by atoms with Crippen molar-refractivity contribution in [2.24, 2.45) is 5.92 Å². The number of benzene rings is 1. The van der Waals surface area contributed by atoms with Gasteiger partial charge in [0, 0.05) is 28.1 Å². The SMILES string of the molecule is CNC(CCN1CCCC(C)C1C)c1ccc(Br)cc1Cl. The third kappa shape index (κ3) is 4.44. The normalized spacial score (nSPS) is 25.0. The zero-order chi connectivity index (χ0) is 15.4. The summed E-state index contributed by atoms with van der Waals surface area (Å²) in [6.45, 7) is 7.10. The highest BCUT2D eigenvalue weighted by molar-refractivity contribution is 9.10. The largest absolute Gasteiger partial charge is 0.313 e. The molecule has 0 aliphatic carbocycles. The van der Waals surface area contributed by atoms with Crippen molar-refractivity contribution >= 4 is 27.5 Å². The number of hydrogen-bond donors (Lipinski definition) is 1. The molecule has 3 unspecified atom stereocenters. The van der Waals surface area contributed by atoms with Gasteiger partial charge in [0.25, 0.3) is 0 Å². The van der Waals surface area contributed by atoms with E-state index in [1.807, 2.05) is 13.1 Å². The van der Waals surface area contributed by atoms with Crippen LogP contribution in [-0.4, -0.2) is 31.1 Å². The fourth-order valence-electron chi connectivity index (χ4n) is 3.27. The van der Waals surface area contributed by atoms with Gasteiger partial charge < -0.3 is 10.2 Å². The standard InChI is InChI=1S/C17H26BrClN2/c1-12-5-4-9-21(13(12)2)10-8-17(20-3)15-7-6-14(18)11-16(15)19/h6-7,11-13,17,20H,4-5,8-10H2,1-3H3. The summed E-state index contributed by atoms with van der Waals surface area (Å²) < 4.78 is 1.03. The van der Waals surface area contributed by atoms with Gasteiger partial charge in [0.05, 0.1) is 0 Å². The lowest BCUT2D eigenvalue weighted by Crippen LogP contribution is -2.43. The predicted octanol–water partition coefficient (Wildman–Crippen LogP) is 4.87. The van der Waals surface area contributed by atoms with E-state index in [4.69, 9.17) is 11.6 Å². The van der Waals surface area contributed by atoms with E-state index in [2.05, 4.69) is 52.1 Å². The Morgan fingerprint density at radius 2 is 2.19 bits per heavy atom. The molecule has 0 saturated carbocycles. The average molecular weight is 374 g/mol. The van der Waals surface area contributed by atoms with Gasteiger partial charge >= 0.3 is 0 Å². The molecule has 118 valence electrons. The Hall–Kier alpha value is -0.0900. The van der Waals surface area contributed by atoms with Gasteiger partial charge in [-0.2, -0.15) is 0 Å². The van der Waals surface area contributed by atoms with Crippen LogP contribution in [0.25, 0.3) is 0 Å². The zero-order valence-electron chi connectivity index (χ0n) is 13.2. The summed E-state index contributed by atoms with van der Waals surface area (Å²) in [5.74, 6) is 0.808. The molecule has 1 N–H and O–H groups in total. The Bertz CT molecular complexity index is 466. The second kappa shape index (κ2) is 7.96. The molecule has 3 atom stereocenters. The first kappa shape index (κ1) is 17.3. The van der Waals surface area contributed by atoms with E-state index in [1.54, 1.807) is 0 Å². The molecule has 2 nitrogen and oxygen atoms in total. The Morgan fingerprint density at radius 3 is 2.86 bits per heavy atom. The van der Waals surface area contributed by atoms with Crippen LogP contribution in [0.4, 0.5) is 0 Å². The van der Waals surface area contributed by atoms with Crippen LogP contribution in [0.15, 0.2) is 22.7 Å². The van der Waals surface area contributed by atoms with Crippen LogP contribution in [-0.2, 0) is 0 Å². The number of hydrogen-bond acceptors (Lipinski definition) is 2. The highest BCUT2D eigenvalue weighted by Crippen LogP contribution is 2.29. The van der Waals surface area contributed by atoms with Gasteiger partial charge in [-0.3, -0.25) is 0 Å². The van der Waals surface area contributed by atoms with Crippen LogP contribution in [0.3, 0.4) is 0 Å². The lowest BCUT2D eigenvalue weighted by Gasteiger charge is -2.38. The molecule has 1 aliphatic rings. The highest BCUT2D eigenvalue weighted by Gasteiger charge is 2.25. The van der Waals surface area contributed by atoms with Gasteiger partial charge in [-0.15, -0.1) is 0 Å². The monoisotopic (exact) mass is 372 g/mol. The van der Waals surface area contributed by atoms with E-state index in [0.717, 1.165) is 28.4 Å². The lowest BCUT2D eigenvalue weighted by molar-refractivity contribution is 0.109. The van der Waals surface area contributed by atoms with Crippen LogP contribution in [0.5, 0.6) is 0 Å². The molecule has 21 heavy (non-hydrogen) atoms. The zero-order valence-corrected chi connectivity index (χ0v) is 15.5. The molecule has 1 heterocycles. The molecule has 1 fully saturated rings. The van der Waals surface area contributed by atoms with Gasteiger partial charge in [0.1, 0.15) is 0 Å². The van der Waals surface area contributed by atoms with Crippen molar-refractivity contribution < 1.29 is 0 Å². The number of rotatable bonds is 5. The molecular weight excluding hydrogens is 348 g/mol. The van der Waals surface area contributed by atoms with Crippen LogP contribution < -0.4 is 5.32 Å². The van der Waals surface area contributed by atoms with Crippen molar-refractivity contribution in [2.45, 2.75) is 45.2 Å². The summed E-state index contributed by atoms with van der Waals surface area (Å²) in [4.78, 5) is 2.63. The van der Waals surface area contributed by atoms with Crippen molar-refractivity contribution in [3.8, 4) is 0 Å². The highest BCUT2D eigenvalue weighted by atomic mass is 79.9. The molecule has 1 aromatic carbocycles. The van der Waals surface area contributed by atoms with E-state index in [0.29, 0.717) is 12.1 Å². The van der Waals surface area contributed by atoms with E-state index in [-0.39, 0.29) is 0 Å². The Kier molecular flexibility index (Phi) is 6.54. The van der Waals surface area contributed by atoms with Crippen molar-refractivity contribution in [1.29, 1.82) is 0 Å². The second-order valence-corrected chi connectivity index (χ2v) is 7.51. The maximum Gasteiger partial charge on any atom is 0.0465 e. The lowest BCUT2D eigenvalue weighted by atomic mass is 9.91. The topological polar surface area (TPSA) is 15.3 Å². The summed E-state index contributed by atoms with van der Waals surface area (Å²) in [6, 6.07) is 7.17. The number of halogens is 2. The molecule has 1 aromatic rings. The quantitative estimate of drug-likeness (QED) is 0.792. The third-order valence-corrected chi connectivity index (χ3v) is 5.72. The molecule has 0 amide bonds. The molecule has 0 bridgehead atoms. The van der Waals surface area contributed by atoms with Crippen molar-refractivity contribution in [3.63, 3.8) is 0 Å². The molecule has 1 aliphatic heterocycles. The van der Waals surface area contributed by atoms with Crippen LogP contribution >= 0.6 is 27.5 Å². The van der Waals surface area contributed by atoms with Crippen molar-refractivity contribution in [2.75, 3.05) is 20.1 Å². The van der Waals surface area contributed by atoms with Crippen LogP contribution in [0.2, 0.25) is 5.02 Å². The Morgan fingerprint density at radius 1 is 1.43 bits per heavy atom. The number of nitrogens with zero attached hydrogens (tertiary/aromatic N) is 1. The molecule has 4 heteroatoms. The van der Waals surface area contributed by atoms with Crippen molar-refractivity contribution in [1.82, 2.24) is 10.2 Å². The summed E-state index contributed by atoms with van der Waals surface area (Å²) in [7, 11) is 2.02. The maximum absolute atomic E-state index is 6.39. The Balaban J connectivity index is 1.99. The molecule has 2 rings (SSSR count). The maximum atomic E-state index is 6.39. The van der Waals surface area contributed by atoms with E-state index >= 15 is 0 Å². The molecule has 1 saturated heterocycles. The summed E-state index contributed by atoms with van der Waals surface area (Å²) in [5.41, 5.74) is 1.19. The van der Waals surface area contributed by atoms with Gasteiger partial charge in [0.2, 0.25) is 0 Å². The predicted molar refractivity (Wildman–Crippen MR) is 95.0 cm³/mol. The fourth-order valence-corrected chi connectivity index (χ4v) is 4.08. The number of likely N-dealkylation sites (tertiary alicyclic amines) is 1. The van der Waals surface area contributed by atoms with Gasteiger partial charge in [-0.25, -0.2) is 0 Å². The van der Waals surface area contributed by atoms with Gasteiger partial charge in [0.15, 0.2) is 0 Å². The van der Waals surface area contributed by atoms with Crippen molar-refractivity contribution in [3.05, 3.63) is 33.3 Å². The minimum Gasteiger partial charge on any atom is -0.313 e. The molecular formula is C17H26BrClN2. The first-order valence-electron chi connectivity index (χ1n) is 7.89. The van der Waals surface area contributed by atoms with E-state index in [1.165, 1.54) is 24.9 Å². The first-order chi connectivity index (χ1) is 10.0. The van der Waals surface area contributed by atoms with Crippen LogP contribution in [0.1, 0.15) is 44.7 Å². The minimum absolute atomic E-state index is 0.315. The third-order valence-electron chi connectivity index (χ3n) is 4.90. The fraction of sp³-hybridized carbons (Fsp3) is 0.647. The summed E-state index contributed by atoms with van der Waals surface area (Å²) in [6.07, 6.45) is 3.79. The second-order valence-electron chi connectivity index (χ2n) is 6.19. The van der Waals surface area contributed by atoms with Crippen LogP contribution in [0, 0.1) is 5.92 Å². The van der Waals surface area contributed by atoms with Gasteiger partial charge in [-0.1, -0.05) is 40.5 Å².